The third-order valence-electron chi connectivity index (χ3n) is 3.37. The van der Waals surface area contributed by atoms with E-state index in [9.17, 15) is 9.18 Å². The van der Waals surface area contributed by atoms with E-state index >= 15 is 0 Å². The highest BCUT2D eigenvalue weighted by Crippen LogP contribution is 2.22. The highest BCUT2D eigenvalue weighted by Gasteiger charge is 2.30. The van der Waals surface area contributed by atoms with Crippen molar-refractivity contribution in [2.75, 3.05) is 24.6 Å². The van der Waals surface area contributed by atoms with E-state index in [1.54, 1.807) is 12.1 Å². The molecule has 1 aromatic carbocycles. The zero-order valence-corrected chi connectivity index (χ0v) is 11.0. The minimum atomic E-state index is -0.402. The van der Waals surface area contributed by atoms with E-state index < -0.39 is 6.04 Å². The quantitative estimate of drug-likeness (QED) is 0.863. The Morgan fingerprint density at radius 1 is 1.42 bits per heavy atom. The third kappa shape index (κ3) is 3.23. The Labute approximate surface area is 112 Å². The van der Waals surface area contributed by atoms with E-state index in [1.165, 1.54) is 12.1 Å². The SMILES string of the molecule is CC1CNC(=O)C(CCO)N(c2ccc(F)cc2)C1. The van der Waals surface area contributed by atoms with Gasteiger partial charge < -0.3 is 15.3 Å². The van der Waals surface area contributed by atoms with Gasteiger partial charge in [0.2, 0.25) is 5.91 Å². The largest absolute Gasteiger partial charge is 0.396 e. The van der Waals surface area contributed by atoms with Crippen LogP contribution in [0.25, 0.3) is 0 Å². The summed E-state index contributed by atoms with van der Waals surface area (Å²) in [5, 5.41) is 12.0. The Morgan fingerprint density at radius 3 is 2.74 bits per heavy atom. The molecule has 0 radical (unpaired) electrons. The van der Waals surface area contributed by atoms with Gasteiger partial charge in [-0.25, -0.2) is 4.39 Å². The molecule has 0 bridgehead atoms. The molecule has 1 aromatic rings. The van der Waals surface area contributed by atoms with E-state index in [0.29, 0.717) is 25.4 Å². The van der Waals surface area contributed by atoms with Crippen molar-refractivity contribution in [3.05, 3.63) is 30.1 Å². The molecule has 0 saturated carbocycles. The normalized spacial score (nSPS) is 23.9. The second-order valence-electron chi connectivity index (χ2n) is 5.01. The number of amides is 1. The number of aliphatic hydroxyl groups is 1. The van der Waals surface area contributed by atoms with Crippen molar-refractivity contribution in [2.24, 2.45) is 5.92 Å². The molecule has 1 saturated heterocycles. The van der Waals surface area contributed by atoms with Crippen molar-refractivity contribution in [1.82, 2.24) is 5.32 Å². The second-order valence-corrected chi connectivity index (χ2v) is 5.01. The maximum Gasteiger partial charge on any atom is 0.242 e. The highest BCUT2D eigenvalue weighted by molar-refractivity contribution is 5.85. The maximum absolute atomic E-state index is 13.0. The number of benzene rings is 1. The molecule has 1 amide bonds. The smallest absolute Gasteiger partial charge is 0.242 e. The van der Waals surface area contributed by atoms with Crippen LogP contribution in [-0.4, -0.2) is 36.8 Å². The summed E-state index contributed by atoms with van der Waals surface area (Å²) in [7, 11) is 0. The summed E-state index contributed by atoms with van der Waals surface area (Å²) in [6, 6.07) is 5.72. The number of hydrogen-bond acceptors (Lipinski definition) is 3. The highest BCUT2D eigenvalue weighted by atomic mass is 19.1. The Kier molecular flexibility index (Phi) is 4.37. The fraction of sp³-hybridized carbons (Fsp3) is 0.500. The summed E-state index contributed by atoms with van der Waals surface area (Å²) in [6.45, 7) is 3.33. The molecule has 0 aliphatic carbocycles. The minimum absolute atomic E-state index is 0.0514. The summed E-state index contributed by atoms with van der Waals surface area (Å²) >= 11 is 0. The van der Waals surface area contributed by atoms with Gasteiger partial charge in [0.25, 0.3) is 0 Å². The summed E-state index contributed by atoms with van der Waals surface area (Å²) in [4.78, 5) is 14.0. The van der Waals surface area contributed by atoms with Crippen molar-refractivity contribution in [1.29, 1.82) is 0 Å². The van der Waals surface area contributed by atoms with Gasteiger partial charge in [0.15, 0.2) is 0 Å². The van der Waals surface area contributed by atoms with Gasteiger partial charge in [0.1, 0.15) is 11.9 Å². The van der Waals surface area contributed by atoms with Crippen molar-refractivity contribution in [3.8, 4) is 0 Å². The van der Waals surface area contributed by atoms with Crippen LogP contribution in [0.3, 0.4) is 0 Å². The average Bonchev–Trinajstić information content (AvgIpc) is 2.53. The fourth-order valence-electron chi connectivity index (χ4n) is 2.39. The number of carbonyl (C=O) groups excluding carboxylic acids is 1. The second kappa shape index (κ2) is 6.02. The van der Waals surface area contributed by atoms with Gasteiger partial charge in [0.05, 0.1) is 0 Å². The predicted octanol–water partition coefficient (Wildman–Crippen LogP) is 1.15. The summed E-state index contributed by atoms with van der Waals surface area (Å²) in [5.41, 5.74) is 0.809. The van der Waals surface area contributed by atoms with Crippen molar-refractivity contribution in [3.63, 3.8) is 0 Å². The monoisotopic (exact) mass is 266 g/mol. The molecule has 2 N–H and O–H groups in total. The molecule has 2 atom stereocenters. The van der Waals surface area contributed by atoms with Crippen LogP contribution in [0.2, 0.25) is 0 Å². The van der Waals surface area contributed by atoms with E-state index in [4.69, 9.17) is 5.11 Å². The van der Waals surface area contributed by atoms with Gasteiger partial charge in [-0.15, -0.1) is 0 Å². The van der Waals surface area contributed by atoms with Gasteiger partial charge >= 0.3 is 0 Å². The molecule has 1 aliphatic rings. The van der Waals surface area contributed by atoms with Crippen LogP contribution in [0.15, 0.2) is 24.3 Å². The molecule has 19 heavy (non-hydrogen) atoms. The lowest BCUT2D eigenvalue weighted by atomic mass is 10.1. The third-order valence-corrected chi connectivity index (χ3v) is 3.37. The number of aliphatic hydroxyl groups excluding tert-OH is 1. The zero-order chi connectivity index (χ0) is 13.8. The van der Waals surface area contributed by atoms with Crippen LogP contribution in [0, 0.1) is 11.7 Å². The number of hydrogen-bond donors (Lipinski definition) is 2. The fourth-order valence-corrected chi connectivity index (χ4v) is 2.39. The van der Waals surface area contributed by atoms with Gasteiger partial charge in [-0.05, 0) is 36.6 Å². The first-order chi connectivity index (χ1) is 9.11. The number of nitrogens with one attached hydrogen (secondary N) is 1. The topological polar surface area (TPSA) is 52.6 Å². The Bertz CT molecular complexity index is 436. The van der Waals surface area contributed by atoms with Gasteiger partial charge in [0, 0.05) is 25.4 Å². The minimum Gasteiger partial charge on any atom is -0.396 e. The van der Waals surface area contributed by atoms with Crippen LogP contribution in [-0.2, 0) is 4.79 Å². The van der Waals surface area contributed by atoms with E-state index in [1.807, 2.05) is 4.90 Å². The number of anilines is 1. The first-order valence-corrected chi connectivity index (χ1v) is 6.52. The number of halogens is 1. The lowest BCUT2D eigenvalue weighted by Gasteiger charge is -2.31. The average molecular weight is 266 g/mol. The molecule has 1 fully saturated rings. The van der Waals surface area contributed by atoms with Gasteiger partial charge in [-0.1, -0.05) is 6.92 Å². The molecule has 104 valence electrons. The molecule has 0 aromatic heterocycles. The van der Waals surface area contributed by atoms with Crippen molar-refractivity contribution < 1.29 is 14.3 Å². The van der Waals surface area contributed by atoms with E-state index in [0.717, 1.165) is 5.69 Å². The summed E-state index contributed by atoms with van der Waals surface area (Å²) in [6.07, 6.45) is 0.371. The molecule has 0 spiro atoms. The molecule has 1 aliphatic heterocycles. The van der Waals surface area contributed by atoms with Gasteiger partial charge in [-0.3, -0.25) is 4.79 Å². The number of rotatable bonds is 3. The molecule has 1 heterocycles. The van der Waals surface area contributed by atoms with Gasteiger partial charge in [-0.2, -0.15) is 0 Å². The molecule has 4 nitrogen and oxygen atoms in total. The molecule has 2 rings (SSSR count). The Hall–Kier alpha value is -1.62. The number of carbonyl (C=O) groups is 1. The molecular formula is C14H19FN2O2. The van der Waals surface area contributed by atoms with E-state index in [-0.39, 0.29) is 18.3 Å². The van der Waals surface area contributed by atoms with Crippen LogP contribution >= 0.6 is 0 Å². The standard InChI is InChI=1S/C14H19FN2O2/c1-10-8-16-14(19)13(6-7-18)17(9-10)12-4-2-11(15)3-5-12/h2-5,10,13,18H,6-9H2,1H3,(H,16,19). The van der Waals surface area contributed by atoms with Crippen molar-refractivity contribution in [2.45, 2.75) is 19.4 Å². The first kappa shape index (κ1) is 13.8. The van der Waals surface area contributed by atoms with E-state index in [2.05, 4.69) is 12.2 Å². The maximum atomic E-state index is 13.0. The summed E-state index contributed by atoms with van der Waals surface area (Å²) in [5.74, 6) is -0.0739. The first-order valence-electron chi connectivity index (χ1n) is 6.52. The van der Waals surface area contributed by atoms with Crippen molar-refractivity contribution >= 4 is 11.6 Å². The molecular weight excluding hydrogens is 247 g/mol. The van der Waals surface area contributed by atoms with Crippen LogP contribution in [0.1, 0.15) is 13.3 Å². The van der Waals surface area contributed by atoms with Crippen LogP contribution in [0.4, 0.5) is 10.1 Å². The zero-order valence-electron chi connectivity index (χ0n) is 11.0. The number of nitrogens with zero attached hydrogens (tertiary/aromatic N) is 1. The lowest BCUT2D eigenvalue weighted by molar-refractivity contribution is -0.122. The van der Waals surface area contributed by atoms with Crippen LogP contribution < -0.4 is 10.2 Å². The Morgan fingerprint density at radius 2 is 2.11 bits per heavy atom. The predicted molar refractivity (Wildman–Crippen MR) is 71.4 cm³/mol. The Balaban J connectivity index is 2.29. The molecule has 2 unspecified atom stereocenters. The summed E-state index contributed by atoms with van der Waals surface area (Å²) < 4.78 is 13.0. The van der Waals surface area contributed by atoms with Crippen LogP contribution in [0.5, 0.6) is 0 Å². The lowest BCUT2D eigenvalue weighted by Crippen LogP contribution is -2.45. The molecule has 5 heteroatoms.